The topological polar surface area (TPSA) is 9.23 Å². The summed E-state index contributed by atoms with van der Waals surface area (Å²) in [5.41, 5.74) is 1.39. The fourth-order valence-corrected chi connectivity index (χ4v) is 4.69. The SMILES string of the molecule is Clc1ccc([C@H]2CC[C@H](OCCC[Si](Cl)(Cl)Cl)CC2)cc1. The van der Waals surface area contributed by atoms with E-state index >= 15 is 0 Å². The molecule has 0 aliphatic heterocycles. The molecule has 0 radical (unpaired) electrons. The lowest BCUT2D eigenvalue weighted by Gasteiger charge is -2.29. The van der Waals surface area contributed by atoms with Crippen molar-refractivity contribution >= 4 is 50.8 Å². The molecular formula is C15H20Cl4OSi. The van der Waals surface area contributed by atoms with Gasteiger partial charge in [-0.3, -0.25) is 0 Å². The Morgan fingerprint density at radius 1 is 1.00 bits per heavy atom. The minimum atomic E-state index is -2.48. The molecule has 1 nitrogen and oxygen atoms in total. The molecule has 1 aromatic carbocycles. The lowest BCUT2D eigenvalue weighted by Crippen LogP contribution is -2.22. The second-order valence-electron chi connectivity index (χ2n) is 5.61. The van der Waals surface area contributed by atoms with Crippen LogP contribution in [0.4, 0.5) is 0 Å². The van der Waals surface area contributed by atoms with Gasteiger partial charge in [0.15, 0.2) is 0 Å². The molecular weight excluding hydrogens is 366 g/mol. The smallest absolute Gasteiger partial charge is 0.341 e. The van der Waals surface area contributed by atoms with Gasteiger partial charge in [-0.1, -0.05) is 23.7 Å². The summed E-state index contributed by atoms with van der Waals surface area (Å²) < 4.78 is 5.91. The lowest BCUT2D eigenvalue weighted by atomic mass is 9.83. The van der Waals surface area contributed by atoms with Gasteiger partial charge in [-0.05, 0) is 61.8 Å². The Balaban J connectivity index is 1.67. The van der Waals surface area contributed by atoms with Crippen LogP contribution in [0.1, 0.15) is 43.6 Å². The first-order chi connectivity index (χ1) is 9.94. The van der Waals surface area contributed by atoms with Crippen molar-refractivity contribution in [3.63, 3.8) is 0 Å². The first-order valence-corrected chi connectivity index (χ1v) is 13.0. The fourth-order valence-electron chi connectivity index (χ4n) is 2.82. The van der Waals surface area contributed by atoms with Crippen LogP contribution in [0.3, 0.4) is 0 Å². The van der Waals surface area contributed by atoms with Crippen LogP contribution in [0.5, 0.6) is 0 Å². The minimum absolute atomic E-state index is 0.366. The molecule has 6 heteroatoms. The third kappa shape index (κ3) is 6.68. The van der Waals surface area contributed by atoms with Gasteiger partial charge in [0.25, 0.3) is 0 Å². The summed E-state index contributed by atoms with van der Waals surface area (Å²) in [6.07, 6.45) is 5.78. The molecule has 21 heavy (non-hydrogen) atoms. The summed E-state index contributed by atoms with van der Waals surface area (Å²) in [6, 6.07) is 6.42. The van der Waals surface area contributed by atoms with Crippen LogP contribution < -0.4 is 0 Å². The normalized spacial score (nSPS) is 23.2. The molecule has 0 bridgehead atoms. The molecule has 1 saturated carbocycles. The summed E-state index contributed by atoms with van der Waals surface area (Å²) in [4.78, 5) is 0. The Labute approximate surface area is 147 Å². The molecule has 1 fully saturated rings. The van der Waals surface area contributed by atoms with Crippen molar-refractivity contribution < 1.29 is 4.74 Å². The first kappa shape index (κ1) is 17.9. The second kappa shape index (κ2) is 8.42. The highest BCUT2D eigenvalue weighted by molar-refractivity contribution is 7.64. The predicted octanol–water partition coefficient (Wildman–Crippen LogP) is 6.43. The van der Waals surface area contributed by atoms with Crippen LogP contribution in [-0.2, 0) is 4.74 Å². The number of rotatable bonds is 6. The maximum Gasteiger partial charge on any atom is 0.341 e. The quantitative estimate of drug-likeness (QED) is 0.311. The second-order valence-corrected chi connectivity index (χ2v) is 15.3. The molecule has 0 spiro atoms. The number of halogens is 4. The van der Waals surface area contributed by atoms with E-state index in [1.165, 1.54) is 18.4 Å². The summed E-state index contributed by atoms with van der Waals surface area (Å²) in [5, 5.41) is 0.799. The van der Waals surface area contributed by atoms with Crippen molar-refractivity contribution in [2.75, 3.05) is 6.61 Å². The van der Waals surface area contributed by atoms with Gasteiger partial charge < -0.3 is 4.74 Å². The van der Waals surface area contributed by atoms with E-state index in [0.29, 0.717) is 24.7 Å². The van der Waals surface area contributed by atoms with E-state index in [9.17, 15) is 0 Å². The molecule has 0 saturated heterocycles. The van der Waals surface area contributed by atoms with Crippen LogP contribution in [0, 0.1) is 0 Å². The van der Waals surface area contributed by atoms with E-state index in [2.05, 4.69) is 12.1 Å². The van der Waals surface area contributed by atoms with Gasteiger partial charge in [0.05, 0.1) is 6.10 Å². The molecule has 0 aromatic heterocycles. The van der Waals surface area contributed by atoms with Gasteiger partial charge in [0, 0.05) is 11.6 Å². The summed E-state index contributed by atoms with van der Waals surface area (Å²) in [5.74, 6) is 0.635. The molecule has 1 aromatic rings. The van der Waals surface area contributed by atoms with Crippen molar-refractivity contribution in [1.82, 2.24) is 0 Å². The standard InChI is InChI=1S/C15H20Cl4OSi/c16-14-6-2-12(3-7-14)13-4-8-15(9-5-13)20-10-1-11-21(17,18)19/h2-3,6-7,13,15H,1,4-5,8-11H2/t13-,15-. The highest BCUT2D eigenvalue weighted by atomic mass is 35.8. The van der Waals surface area contributed by atoms with Crippen LogP contribution in [0.2, 0.25) is 11.1 Å². The maximum absolute atomic E-state index is 5.93. The van der Waals surface area contributed by atoms with Crippen molar-refractivity contribution in [2.24, 2.45) is 0 Å². The van der Waals surface area contributed by atoms with Gasteiger partial charge in [-0.2, -0.15) is 0 Å². The average Bonchev–Trinajstić information content (AvgIpc) is 2.44. The fraction of sp³-hybridized carbons (Fsp3) is 0.600. The van der Waals surface area contributed by atoms with Crippen LogP contribution in [-0.4, -0.2) is 18.7 Å². The van der Waals surface area contributed by atoms with Gasteiger partial charge in [0.2, 0.25) is 0 Å². The zero-order valence-corrected chi connectivity index (χ0v) is 15.9. The van der Waals surface area contributed by atoms with E-state index in [-0.39, 0.29) is 0 Å². The Kier molecular flexibility index (Phi) is 7.18. The Morgan fingerprint density at radius 3 is 2.19 bits per heavy atom. The van der Waals surface area contributed by atoms with Gasteiger partial charge in [-0.15, -0.1) is 33.2 Å². The Hall–Kier alpha value is 0.557. The van der Waals surface area contributed by atoms with E-state index < -0.39 is 6.00 Å². The third-order valence-corrected chi connectivity index (χ3v) is 6.85. The van der Waals surface area contributed by atoms with E-state index in [1.54, 1.807) is 0 Å². The zero-order valence-electron chi connectivity index (χ0n) is 11.8. The molecule has 118 valence electrons. The molecule has 1 aliphatic rings. The Morgan fingerprint density at radius 2 is 1.62 bits per heavy atom. The molecule has 0 heterocycles. The molecule has 2 rings (SSSR count). The predicted molar refractivity (Wildman–Crippen MR) is 95.1 cm³/mol. The highest BCUT2D eigenvalue weighted by Gasteiger charge is 2.25. The molecule has 1 aliphatic carbocycles. The first-order valence-electron chi connectivity index (χ1n) is 7.38. The van der Waals surface area contributed by atoms with E-state index in [0.717, 1.165) is 24.3 Å². The van der Waals surface area contributed by atoms with E-state index in [1.807, 2.05) is 12.1 Å². The summed E-state index contributed by atoms with van der Waals surface area (Å²) in [6.45, 7) is 0.706. The lowest BCUT2D eigenvalue weighted by molar-refractivity contribution is 0.0251. The van der Waals surface area contributed by atoms with Gasteiger partial charge in [-0.25, -0.2) is 0 Å². The summed E-state index contributed by atoms with van der Waals surface area (Å²) in [7, 11) is 0. The van der Waals surface area contributed by atoms with E-state index in [4.69, 9.17) is 49.6 Å². The van der Waals surface area contributed by atoms with Crippen LogP contribution in [0.15, 0.2) is 24.3 Å². The average molecular weight is 386 g/mol. The molecule has 0 amide bonds. The summed E-state index contributed by atoms with van der Waals surface area (Å²) >= 11 is 23.5. The molecule has 0 unspecified atom stereocenters. The zero-order chi connectivity index (χ0) is 15.3. The number of ether oxygens (including phenoxy) is 1. The van der Waals surface area contributed by atoms with Crippen LogP contribution >= 0.6 is 44.8 Å². The van der Waals surface area contributed by atoms with Gasteiger partial charge >= 0.3 is 6.00 Å². The van der Waals surface area contributed by atoms with Crippen molar-refractivity contribution in [3.8, 4) is 0 Å². The number of hydrogen-bond donors (Lipinski definition) is 0. The highest BCUT2D eigenvalue weighted by Crippen LogP contribution is 2.34. The molecule has 0 atom stereocenters. The van der Waals surface area contributed by atoms with Gasteiger partial charge in [0.1, 0.15) is 0 Å². The van der Waals surface area contributed by atoms with Crippen molar-refractivity contribution in [3.05, 3.63) is 34.9 Å². The third-order valence-electron chi connectivity index (χ3n) is 3.97. The largest absolute Gasteiger partial charge is 0.378 e. The molecule has 0 N–H and O–H groups in total. The van der Waals surface area contributed by atoms with Crippen LogP contribution in [0.25, 0.3) is 0 Å². The minimum Gasteiger partial charge on any atom is -0.378 e. The number of hydrogen-bond acceptors (Lipinski definition) is 1. The monoisotopic (exact) mass is 384 g/mol. The Bertz CT molecular complexity index is 424. The van der Waals surface area contributed by atoms with Crippen molar-refractivity contribution in [2.45, 2.75) is 50.2 Å². The maximum atomic E-state index is 5.93. The number of benzene rings is 1. The van der Waals surface area contributed by atoms with Crippen molar-refractivity contribution in [1.29, 1.82) is 0 Å².